The van der Waals surface area contributed by atoms with E-state index in [2.05, 4.69) is 29.4 Å². The number of urea groups is 1. The number of aliphatic hydroxyl groups is 1. The van der Waals surface area contributed by atoms with Gasteiger partial charge in [0.2, 0.25) is 0 Å². The summed E-state index contributed by atoms with van der Waals surface area (Å²) in [6.45, 7) is 7.58. The first-order chi connectivity index (χ1) is 10.1. The molecule has 2 amide bonds. The van der Waals surface area contributed by atoms with Crippen LogP contribution in [0.5, 0.6) is 5.75 Å². The van der Waals surface area contributed by atoms with E-state index in [-0.39, 0.29) is 18.3 Å². The molecule has 1 atom stereocenters. The monoisotopic (exact) mass is 295 g/mol. The summed E-state index contributed by atoms with van der Waals surface area (Å²) in [5.74, 6) is 0.146. The minimum atomic E-state index is -0.792. The van der Waals surface area contributed by atoms with Gasteiger partial charge in [-0.2, -0.15) is 0 Å². The highest BCUT2D eigenvalue weighted by molar-refractivity contribution is 5.73. The summed E-state index contributed by atoms with van der Waals surface area (Å²) in [6, 6.07) is 5.96. The molecule has 0 radical (unpaired) electrons. The van der Waals surface area contributed by atoms with Gasteiger partial charge in [-0.05, 0) is 30.8 Å². The number of hydrogen-bond acceptors (Lipinski definition) is 4. The van der Waals surface area contributed by atoms with Gasteiger partial charge in [0.1, 0.15) is 5.75 Å². The molecule has 0 aliphatic carbocycles. The van der Waals surface area contributed by atoms with E-state index in [9.17, 15) is 15.0 Å². The number of phenolic OH excluding ortho intramolecular Hbond substituents is 1. The first-order valence-corrected chi connectivity index (χ1v) is 7.27. The summed E-state index contributed by atoms with van der Waals surface area (Å²) in [6.07, 6.45) is -0.792. The molecule has 0 aliphatic heterocycles. The first-order valence-electron chi connectivity index (χ1n) is 7.27. The molecule has 1 aromatic carbocycles. The second kappa shape index (κ2) is 9.20. The molecular weight excluding hydrogens is 270 g/mol. The molecule has 0 bridgehead atoms. The van der Waals surface area contributed by atoms with E-state index >= 15 is 0 Å². The van der Waals surface area contributed by atoms with Crippen molar-refractivity contribution in [2.75, 3.05) is 32.7 Å². The highest BCUT2D eigenvalue weighted by atomic mass is 16.3. The van der Waals surface area contributed by atoms with E-state index in [4.69, 9.17) is 0 Å². The minimum absolute atomic E-state index is 0.127. The van der Waals surface area contributed by atoms with Crippen molar-refractivity contribution in [2.24, 2.45) is 0 Å². The molecule has 0 saturated heterocycles. The average molecular weight is 295 g/mol. The van der Waals surface area contributed by atoms with E-state index < -0.39 is 6.10 Å². The molecule has 0 aromatic heterocycles. The molecule has 118 valence electrons. The summed E-state index contributed by atoms with van der Waals surface area (Å²) >= 11 is 0. The van der Waals surface area contributed by atoms with Crippen LogP contribution in [-0.2, 0) is 0 Å². The van der Waals surface area contributed by atoms with Crippen LogP contribution in [0.1, 0.15) is 25.5 Å². The highest BCUT2D eigenvalue weighted by Gasteiger charge is 2.09. The van der Waals surface area contributed by atoms with Gasteiger partial charge in [-0.3, -0.25) is 0 Å². The van der Waals surface area contributed by atoms with Crippen molar-refractivity contribution in [3.05, 3.63) is 29.8 Å². The maximum absolute atomic E-state index is 11.6. The van der Waals surface area contributed by atoms with Crippen LogP contribution >= 0.6 is 0 Å². The molecule has 6 nitrogen and oxygen atoms in total. The van der Waals surface area contributed by atoms with Crippen LogP contribution in [0.4, 0.5) is 4.79 Å². The zero-order valence-electron chi connectivity index (χ0n) is 12.7. The standard InChI is InChI=1S/C15H25N3O3/c1-3-18(4-2)10-9-16-15(21)17-11-14(20)12-5-7-13(19)8-6-12/h5-8,14,19-20H,3-4,9-11H2,1-2H3,(H2,16,17,21). The number of nitrogens with zero attached hydrogens (tertiary/aromatic N) is 1. The SMILES string of the molecule is CCN(CC)CCNC(=O)NCC(O)c1ccc(O)cc1. The molecule has 0 heterocycles. The van der Waals surface area contributed by atoms with E-state index in [1.807, 2.05) is 0 Å². The van der Waals surface area contributed by atoms with E-state index in [0.29, 0.717) is 12.1 Å². The lowest BCUT2D eigenvalue weighted by Gasteiger charge is -2.18. The van der Waals surface area contributed by atoms with Crippen molar-refractivity contribution >= 4 is 6.03 Å². The van der Waals surface area contributed by atoms with Crippen molar-refractivity contribution in [1.29, 1.82) is 0 Å². The number of hydrogen-bond donors (Lipinski definition) is 4. The molecule has 0 spiro atoms. The molecule has 4 N–H and O–H groups in total. The number of carbonyl (C=O) groups is 1. The Hall–Kier alpha value is -1.79. The zero-order valence-corrected chi connectivity index (χ0v) is 12.7. The minimum Gasteiger partial charge on any atom is -0.508 e. The number of carbonyl (C=O) groups excluding carboxylic acids is 1. The van der Waals surface area contributed by atoms with Crippen LogP contribution in [0.15, 0.2) is 24.3 Å². The number of likely N-dealkylation sites (N-methyl/N-ethyl adjacent to an activating group) is 1. The molecule has 1 unspecified atom stereocenters. The van der Waals surface area contributed by atoms with Crippen molar-refractivity contribution in [3.63, 3.8) is 0 Å². The van der Waals surface area contributed by atoms with Gasteiger partial charge in [-0.25, -0.2) is 4.79 Å². The number of rotatable bonds is 8. The van der Waals surface area contributed by atoms with Crippen LogP contribution in [0, 0.1) is 0 Å². The maximum atomic E-state index is 11.6. The number of amides is 2. The summed E-state index contributed by atoms with van der Waals surface area (Å²) in [4.78, 5) is 13.8. The van der Waals surface area contributed by atoms with E-state index in [1.54, 1.807) is 12.1 Å². The summed E-state index contributed by atoms with van der Waals surface area (Å²) in [7, 11) is 0. The second-order valence-corrected chi connectivity index (χ2v) is 4.77. The summed E-state index contributed by atoms with van der Waals surface area (Å²) in [5, 5.41) is 24.5. The Bertz CT molecular complexity index is 419. The Balaban J connectivity index is 2.24. The van der Waals surface area contributed by atoms with Gasteiger partial charge in [-0.1, -0.05) is 26.0 Å². The highest BCUT2D eigenvalue weighted by Crippen LogP contribution is 2.15. The fraction of sp³-hybridized carbons (Fsp3) is 0.533. The van der Waals surface area contributed by atoms with Crippen LogP contribution in [0.2, 0.25) is 0 Å². The molecule has 6 heteroatoms. The van der Waals surface area contributed by atoms with Gasteiger partial charge in [0, 0.05) is 19.6 Å². The first kappa shape index (κ1) is 17.3. The average Bonchev–Trinajstić information content (AvgIpc) is 2.50. The third kappa shape index (κ3) is 6.46. The zero-order chi connectivity index (χ0) is 15.7. The Morgan fingerprint density at radius 3 is 2.38 bits per heavy atom. The number of nitrogens with one attached hydrogen (secondary N) is 2. The fourth-order valence-electron chi connectivity index (χ4n) is 1.93. The van der Waals surface area contributed by atoms with E-state index in [1.165, 1.54) is 12.1 Å². The molecular formula is C15H25N3O3. The molecule has 21 heavy (non-hydrogen) atoms. The normalized spacial score (nSPS) is 12.2. The van der Waals surface area contributed by atoms with Gasteiger partial charge in [0.15, 0.2) is 0 Å². The number of aliphatic hydroxyl groups excluding tert-OH is 1. The van der Waals surface area contributed by atoms with Gasteiger partial charge in [-0.15, -0.1) is 0 Å². The fourth-order valence-corrected chi connectivity index (χ4v) is 1.93. The Labute approximate surface area is 125 Å². The maximum Gasteiger partial charge on any atom is 0.314 e. The second-order valence-electron chi connectivity index (χ2n) is 4.77. The van der Waals surface area contributed by atoms with Crippen LogP contribution < -0.4 is 10.6 Å². The Morgan fingerprint density at radius 1 is 1.19 bits per heavy atom. The topological polar surface area (TPSA) is 84.8 Å². The van der Waals surface area contributed by atoms with Crippen LogP contribution in [0.3, 0.4) is 0 Å². The van der Waals surface area contributed by atoms with Crippen molar-refractivity contribution in [3.8, 4) is 5.75 Å². The third-order valence-corrected chi connectivity index (χ3v) is 3.34. The third-order valence-electron chi connectivity index (χ3n) is 3.34. The summed E-state index contributed by atoms with van der Waals surface area (Å²) < 4.78 is 0. The van der Waals surface area contributed by atoms with Crippen LogP contribution in [0.25, 0.3) is 0 Å². The van der Waals surface area contributed by atoms with Crippen molar-refractivity contribution < 1.29 is 15.0 Å². The van der Waals surface area contributed by atoms with Gasteiger partial charge in [0.25, 0.3) is 0 Å². The lowest BCUT2D eigenvalue weighted by atomic mass is 10.1. The predicted molar refractivity (Wildman–Crippen MR) is 82.3 cm³/mol. The molecule has 0 saturated carbocycles. The molecule has 1 aromatic rings. The van der Waals surface area contributed by atoms with Gasteiger partial charge < -0.3 is 25.7 Å². The molecule has 0 fully saturated rings. The molecule has 0 aliphatic rings. The quantitative estimate of drug-likeness (QED) is 0.578. The van der Waals surface area contributed by atoms with E-state index in [0.717, 1.165) is 19.6 Å². The lowest BCUT2D eigenvalue weighted by molar-refractivity contribution is 0.172. The Morgan fingerprint density at radius 2 is 1.81 bits per heavy atom. The number of benzene rings is 1. The smallest absolute Gasteiger partial charge is 0.314 e. The van der Waals surface area contributed by atoms with Gasteiger partial charge in [0.05, 0.1) is 6.10 Å². The van der Waals surface area contributed by atoms with Crippen molar-refractivity contribution in [1.82, 2.24) is 15.5 Å². The van der Waals surface area contributed by atoms with Crippen LogP contribution in [-0.4, -0.2) is 53.9 Å². The Kier molecular flexibility index (Phi) is 7.56. The predicted octanol–water partition coefficient (Wildman–Crippen LogP) is 1.07. The summed E-state index contributed by atoms with van der Waals surface area (Å²) in [5.41, 5.74) is 0.649. The van der Waals surface area contributed by atoms with Crippen molar-refractivity contribution in [2.45, 2.75) is 20.0 Å². The lowest BCUT2D eigenvalue weighted by Crippen LogP contribution is -2.41. The molecule has 1 rings (SSSR count). The van der Waals surface area contributed by atoms with Gasteiger partial charge >= 0.3 is 6.03 Å². The number of aromatic hydroxyl groups is 1. The number of phenols is 1. The largest absolute Gasteiger partial charge is 0.508 e.